The van der Waals surface area contributed by atoms with Gasteiger partial charge in [0.2, 0.25) is 0 Å². The molecule has 0 radical (unpaired) electrons. The van der Waals surface area contributed by atoms with Crippen molar-refractivity contribution >= 4 is 0 Å². The maximum Gasteiger partial charge on any atom is 0.0724 e. The summed E-state index contributed by atoms with van der Waals surface area (Å²) in [7, 11) is 0. The summed E-state index contributed by atoms with van der Waals surface area (Å²) in [5.41, 5.74) is 11.1. The highest BCUT2D eigenvalue weighted by molar-refractivity contribution is 4.99. The summed E-state index contributed by atoms with van der Waals surface area (Å²) >= 11 is 0. The van der Waals surface area contributed by atoms with Crippen LogP contribution in [0.25, 0.3) is 0 Å². The van der Waals surface area contributed by atoms with Gasteiger partial charge in [0.15, 0.2) is 0 Å². The van der Waals surface area contributed by atoms with Crippen molar-refractivity contribution in [1.82, 2.24) is 5.32 Å². The van der Waals surface area contributed by atoms with Crippen LogP contribution < -0.4 is 16.8 Å². The average Bonchev–Trinajstić information content (AvgIpc) is 2.45. The Bertz CT molecular complexity index is 81.7. The van der Waals surface area contributed by atoms with Crippen molar-refractivity contribution in [3.05, 3.63) is 0 Å². The van der Waals surface area contributed by atoms with Crippen LogP contribution in [0.4, 0.5) is 0 Å². The molecule has 3 nitrogen and oxygen atoms in total. The van der Waals surface area contributed by atoms with Gasteiger partial charge in [-0.25, -0.2) is 0 Å². The minimum atomic E-state index is 0.171. The van der Waals surface area contributed by atoms with Gasteiger partial charge in [-0.2, -0.15) is 0 Å². The number of nitrogens with two attached hydrogens (primary N) is 2. The number of nitrogens with one attached hydrogen (secondary N) is 1. The molecule has 0 saturated carbocycles. The van der Waals surface area contributed by atoms with Gasteiger partial charge < -0.3 is 11.5 Å². The van der Waals surface area contributed by atoms with Crippen molar-refractivity contribution in [3.63, 3.8) is 0 Å². The summed E-state index contributed by atoms with van der Waals surface area (Å²) in [4.78, 5) is 0. The van der Waals surface area contributed by atoms with Crippen LogP contribution in [0.1, 0.15) is 13.3 Å². The highest BCUT2D eigenvalue weighted by atomic mass is 15.3. The van der Waals surface area contributed by atoms with Gasteiger partial charge in [0.1, 0.15) is 0 Å². The minimum absolute atomic E-state index is 0.171. The first-order valence-corrected chi connectivity index (χ1v) is 3.03. The van der Waals surface area contributed by atoms with Gasteiger partial charge in [-0.3, -0.25) is 5.32 Å². The molecule has 3 unspecified atom stereocenters. The summed E-state index contributed by atoms with van der Waals surface area (Å²) in [6.07, 6.45) is 1.18. The molecule has 0 spiro atoms. The first-order chi connectivity index (χ1) is 3.75. The maximum absolute atomic E-state index is 5.63. The molecule has 0 aliphatic carbocycles. The zero-order chi connectivity index (χ0) is 6.15. The Morgan fingerprint density at radius 2 is 2.25 bits per heavy atom. The van der Waals surface area contributed by atoms with E-state index in [2.05, 4.69) is 12.2 Å². The first-order valence-electron chi connectivity index (χ1n) is 3.03. The molecular formula is C5H13N3. The molecule has 1 aliphatic rings. The van der Waals surface area contributed by atoms with Gasteiger partial charge in [0.05, 0.1) is 12.2 Å². The molecule has 8 heavy (non-hydrogen) atoms. The van der Waals surface area contributed by atoms with Crippen LogP contribution in [-0.2, 0) is 0 Å². The first kappa shape index (κ1) is 6.01. The van der Waals surface area contributed by atoms with E-state index in [1.165, 1.54) is 0 Å². The van der Waals surface area contributed by atoms with Gasteiger partial charge in [-0.15, -0.1) is 0 Å². The molecule has 1 aliphatic heterocycles. The van der Waals surface area contributed by atoms with E-state index < -0.39 is 0 Å². The molecule has 1 saturated heterocycles. The Hall–Kier alpha value is -0.120. The molecule has 3 atom stereocenters. The van der Waals surface area contributed by atoms with E-state index in [0.29, 0.717) is 6.04 Å². The van der Waals surface area contributed by atoms with Gasteiger partial charge in [-0.05, 0) is 6.42 Å². The number of hydrogen-bond donors (Lipinski definition) is 3. The fourth-order valence-electron chi connectivity index (χ4n) is 0.811. The molecule has 3 heteroatoms. The normalized spacial score (nSPS) is 39.4. The van der Waals surface area contributed by atoms with Crippen LogP contribution >= 0.6 is 0 Å². The highest BCUT2D eigenvalue weighted by Crippen LogP contribution is 2.09. The van der Waals surface area contributed by atoms with E-state index in [0.717, 1.165) is 6.42 Å². The third-order valence-corrected chi connectivity index (χ3v) is 1.60. The Morgan fingerprint density at radius 3 is 2.38 bits per heavy atom. The van der Waals surface area contributed by atoms with Crippen molar-refractivity contribution in [1.29, 1.82) is 0 Å². The topological polar surface area (TPSA) is 74.0 Å². The predicted octanol–water partition coefficient (Wildman–Crippen LogP) is -1.02. The zero-order valence-electron chi connectivity index (χ0n) is 5.09. The molecule has 1 heterocycles. The van der Waals surface area contributed by atoms with E-state index in [1.54, 1.807) is 0 Å². The second kappa shape index (κ2) is 2.01. The Balaban J connectivity index is 2.18. The molecule has 1 fully saturated rings. The van der Waals surface area contributed by atoms with Crippen LogP contribution in [0.15, 0.2) is 0 Å². The summed E-state index contributed by atoms with van der Waals surface area (Å²) in [6, 6.07) is 0.644. The second-order valence-electron chi connectivity index (χ2n) is 2.29. The van der Waals surface area contributed by atoms with E-state index in [9.17, 15) is 0 Å². The van der Waals surface area contributed by atoms with Crippen LogP contribution in [0.2, 0.25) is 0 Å². The monoisotopic (exact) mass is 115 g/mol. The van der Waals surface area contributed by atoms with Gasteiger partial charge in [-0.1, -0.05) is 6.92 Å². The number of rotatable bonds is 2. The lowest BCUT2D eigenvalue weighted by Gasteiger charge is -2.02. The van der Waals surface area contributed by atoms with E-state index in [1.807, 2.05) is 0 Å². The predicted molar refractivity (Wildman–Crippen MR) is 33.2 cm³/mol. The van der Waals surface area contributed by atoms with Crippen molar-refractivity contribution in [2.24, 2.45) is 11.5 Å². The fourth-order valence-corrected chi connectivity index (χ4v) is 0.811. The number of hydrogen-bond acceptors (Lipinski definition) is 3. The summed E-state index contributed by atoms with van der Waals surface area (Å²) in [5, 5.41) is 3.04. The smallest absolute Gasteiger partial charge is 0.0724 e. The quantitative estimate of drug-likeness (QED) is 0.403. The van der Waals surface area contributed by atoms with Crippen LogP contribution in [0.3, 0.4) is 0 Å². The molecule has 1 rings (SSSR count). The summed E-state index contributed by atoms with van der Waals surface area (Å²) < 4.78 is 0. The van der Waals surface area contributed by atoms with Gasteiger partial charge in [0, 0.05) is 6.04 Å². The van der Waals surface area contributed by atoms with Crippen LogP contribution in [0, 0.1) is 0 Å². The third kappa shape index (κ3) is 0.992. The third-order valence-electron chi connectivity index (χ3n) is 1.60. The molecule has 0 amide bonds. The second-order valence-corrected chi connectivity index (χ2v) is 2.29. The lowest BCUT2D eigenvalue weighted by atomic mass is 10.2. The van der Waals surface area contributed by atoms with Crippen molar-refractivity contribution in [2.45, 2.75) is 31.6 Å². The van der Waals surface area contributed by atoms with Crippen LogP contribution in [-0.4, -0.2) is 18.2 Å². The summed E-state index contributed by atoms with van der Waals surface area (Å²) in [5.74, 6) is 0. The van der Waals surface area contributed by atoms with Gasteiger partial charge in [0.25, 0.3) is 0 Å². The lowest BCUT2D eigenvalue weighted by molar-refractivity contribution is 0.623. The van der Waals surface area contributed by atoms with E-state index in [4.69, 9.17) is 11.5 Å². The largest absolute Gasteiger partial charge is 0.326 e. The molecule has 0 aromatic carbocycles. The summed E-state index contributed by atoms with van der Waals surface area (Å²) in [6.45, 7) is 2.07. The van der Waals surface area contributed by atoms with E-state index in [-0.39, 0.29) is 12.2 Å². The zero-order valence-corrected chi connectivity index (χ0v) is 5.09. The van der Waals surface area contributed by atoms with E-state index >= 15 is 0 Å². The van der Waals surface area contributed by atoms with Crippen molar-refractivity contribution in [3.8, 4) is 0 Å². The maximum atomic E-state index is 5.63. The molecule has 0 bridgehead atoms. The Labute approximate surface area is 49.4 Å². The van der Waals surface area contributed by atoms with Crippen LogP contribution in [0.5, 0.6) is 0 Å². The highest BCUT2D eigenvalue weighted by Gasteiger charge is 2.36. The molecule has 0 aromatic heterocycles. The standard InChI is InChI=1S/C5H13N3/c1-2-3(6)4-5(7)8-4/h3-5,8H,2,6-7H2,1H3. The molecular weight excluding hydrogens is 102 g/mol. The minimum Gasteiger partial charge on any atom is -0.326 e. The van der Waals surface area contributed by atoms with Crippen molar-refractivity contribution < 1.29 is 0 Å². The molecule has 48 valence electrons. The fraction of sp³-hybridized carbons (Fsp3) is 1.00. The molecule has 5 N–H and O–H groups in total. The van der Waals surface area contributed by atoms with Gasteiger partial charge >= 0.3 is 0 Å². The molecule has 0 aromatic rings. The lowest BCUT2D eigenvalue weighted by Crippen LogP contribution is -2.29. The average molecular weight is 115 g/mol. The Kier molecular flexibility index (Phi) is 1.51. The Morgan fingerprint density at radius 1 is 1.75 bits per heavy atom. The van der Waals surface area contributed by atoms with Crippen molar-refractivity contribution in [2.75, 3.05) is 0 Å². The SMILES string of the molecule is CCC(N)C1NC1N.